The summed E-state index contributed by atoms with van der Waals surface area (Å²) in [7, 11) is 0. The number of nitriles is 1. The van der Waals surface area contributed by atoms with Gasteiger partial charge in [-0.2, -0.15) is 5.26 Å². The molecule has 32 heavy (non-hydrogen) atoms. The first-order valence-corrected chi connectivity index (χ1v) is 14.0. The third kappa shape index (κ3) is 2.41. The molecule has 2 heteroatoms. The normalized spacial score (nSPS) is 60.3. The van der Waals surface area contributed by atoms with Crippen molar-refractivity contribution in [2.75, 3.05) is 6.61 Å². The highest BCUT2D eigenvalue weighted by atomic mass is 16.5. The Bertz CT molecular complexity index is 842. The van der Waals surface area contributed by atoms with Gasteiger partial charge < -0.3 is 4.74 Å². The highest BCUT2D eigenvalue weighted by Gasteiger charge is 2.71. The molecule has 2 nitrogen and oxygen atoms in total. The molecule has 0 amide bonds. The molecule has 11 unspecified atom stereocenters. The molecule has 1 spiro atoms. The van der Waals surface area contributed by atoms with E-state index in [1.54, 1.807) is 0 Å². The smallest absolute Gasteiger partial charge is 0.0754 e. The molecule has 6 rings (SSSR count). The summed E-state index contributed by atoms with van der Waals surface area (Å²) in [6.07, 6.45) is 14.1. The van der Waals surface area contributed by atoms with Gasteiger partial charge in [0.2, 0.25) is 0 Å². The molecular formula is C30H47NO. The second kappa shape index (κ2) is 6.56. The van der Waals surface area contributed by atoms with Gasteiger partial charge in [-0.25, -0.2) is 0 Å². The first-order valence-electron chi connectivity index (χ1n) is 14.0. The van der Waals surface area contributed by atoms with Crippen LogP contribution < -0.4 is 0 Å². The van der Waals surface area contributed by atoms with Gasteiger partial charge in [-0.3, -0.25) is 0 Å². The molecule has 0 N–H and O–H groups in total. The fraction of sp³-hybridized carbons (Fsp3) is 0.967. The van der Waals surface area contributed by atoms with Crippen LogP contribution in [0.1, 0.15) is 106 Å². The van der Waals surface area contributed by atoms with Crippen LogP contribution in [0.25, 0.3) is 0 Å². The molecule has 6 aliphatic rings. The third-order valence-corrected chi connectivity index (χ3v) is 13.8. The minimum atomic E-state index is 0.107. The first kappa shape index (κ1) is 21.9. The Morgan fingerprint density at radius 2 is 1.62 bits per heavy atom. The van der Waals surface area contributed by atoms with Gasteiger partial charge in [-0.1, -0.05) is 48.0 Å². The Hall–Kier alpha value is -0.550. The highest BCUT2D eigenvalue weighted by molar-refractivity contribution is 5.21. The molecule has 1 heterocycles. The van der Waals surface area contributed by atoms with E-state index in [1.807, 2.05) is 0 Å². The zero-order valence-corrected chi connectivity index (χ0v) is 21.7. The van der Waals surface area contributed by atoms with Gasteiger partial charge in [0.15, 0.2) is 0 Å². The largest absolute Gasteiger partial charge is 0.376 e. The van der Waals surface area contributed by atoms with Crippen LogP contribution in [0.3, 0.4) is 0 Å². The van der Waals surface area contributed by atoms with E-state index in [0.717, 1.165) is 24.4 Å². The molecule has 1 aliphatic heterocycles. The lowest BCUT2D eigenvalue weighted by molar-refractivity contribution is -0.244. The van der Waals surface area contributed by atoms with Crippen molar-refractivity contribution in [3.8, 4) is 6.07 Å². The van der Waals surface area contributed by atoms with E-state index < -0.39 is 0 Å². The van der Waals surface area contributed by atoms with Gasteiger partial charge in [0.05, 0.1) is 24.7 Å². The molecule has 6 fully saturated rings. The van der Waals surface area contributed by atoms with E-state index in [4.69, 9.17) is 4.74 Å². The standard InChI is InChI=1S/C30H47NO/c1-19-20(17-31)22-16-30(18-32-22)15-14-28(5)21(25(19)30)8-9-24-27(4)12-7-11-26(2,3)23(27)10-13-29(24,28)6/h19-25H,7-16,18H2,1-6H3. The molecule has 2 bridgehead atoms. The van der Waals surface area contributed by atoms with E-state index >= 15 is 0 Å². The number of hydrogen-bond donors (Lipinski definition) is 0. The van der Waals surface area contributed by atoms with Crippen LogP contribution >= 0.6 is 0 Å². The number of nitrogens with zero attached hydrogens (tertiary/aromatic N) is 1. The van der Waals surface area contributed by atoms with Crippen LogP contribution in [-0.2, 0) is 4.74 Å². The van der Waals surface area contributed by atoms with Crippen molar-refractivity contribution in [1.82, 2.24) is 0 Å². The van der Waals surface area contributed by atoms with Crippen molar-refractivity contribution < 1.29 is 4.74 Å². The highest BCUT2D eigenvalue weighted by Crippen LogP contribution is 2.77. The molecule has 11 atom stereocenters. The summed E-state index contributed by atoms with van der Waals surface area (Å²) in [4.78, 5) is 0. The van der Waals surface area contributed by atoms with Gasteiger partial charge in [-0.15, -0.1) is 0 Å². The molecule has 0 aromatic rings. The van der Waals surface area contributed by atoms with Gasteiger partial charge >= 0.3 is 0 Å². The third-order valence-electron chi connectivity index (χ3n) is 13.8. The Kier molecular flexibility index (Phi) is 4.50. The zero-order chi connectivity index (χ0) is 22.7. The molecule has 0 radical (unpaired) electrons. The number of fused-ring (bicyclic) bond motifs is 7. The summed E-state index contributed by atoms with van der Waals surface area (Å²) in [6, 6.07) is 2.71. The minimum Gasteiger partial charge on any atom is -0.376 e. The fourth-order valence-corrected chi connectivity index (χ4v) is 12.3. The topological polar surface area (TPSA) is 33.0 Å². The van der Waals surface area contributed by atoms with Crippen molar-refractivity contribution in [3.05, 3.63) is 0 Å². The van der Waals surface area contributed by atoms with Crippen LogP contribution in [-0.4, -0.2) is 12.7 Å². The molecule has 0 aromatic carbocycles. The van der Waals surface area contributed by atoms with Crippen molar-refractivity contribution in [2.45, 2.75) is 112 Å². The minimum absolute atomic E-state index is 0.107. The van der Waals surface area contributed by atoms with Crippen LogP contribution in [0, 0.1) is 73.9 Å². The first-order chi connectivity index (χ1) is 15.0. The van der Waals surface area contributed by atoms with E-state index in [-0.39, 0.29) is 12.0 Å². The average Bonchev–Trinajstić information content (AvgIpc) is 3.08. The van der Waals surface area contributed by atoms with Crippen LogP contribution in [0.2, 0.25) is 0 Å². The second-order valence-electron chi connectivity index (χ2n) is 15.0. The van der Waals surface area contributed by atoms with E-state index in [0.29, 0.717) is 38.9 Å². The molecular weight excluding hydrogens is 390 g/mol. The summed E-state index contributed by atoms with van der Waals surface area (Å²) in [6.45, 7) is 16.7. The lowest BCUT2D eigenvalue weighted by Gasteiger charge is -2.73. The van der Waals surface area contributed by atoms with Crippen LogP contribution in [0.15, 0.2) is 0 Å². The maximum Gasteiger partial charge on any atom is 0.0754 e. The lowest BCUT2D eigenvalue weighted by Crippen LogP contribution is -2.66. The van der Waals surface area contributed by atoms with Crippen LogP contribution in [0.4, 0.5) is 0 Å². The second-order valence-corrected chi connectivity index (χ2v) is 15.0. The van der Waals surface area contributed by atoms with Gasteiger partial charge in [-0.05, 0) is 114 Å². The van der Waals surface area contributed by atoms with Gasteiger partial charge in [0.1, 0.15) is 0 Å². The van der Waals surface area contributed by atoms with Crippen molar-refractivity contribution in [3.63, 3.8) is 0 Å². The van der Waals surface area contributed by atoms with Crippen molar-refractivity contribution in [2.24, 2.45) is 62.6 Å². The summed E-state index contributed by atoms with van der Waals surface area (Å²) >= 11 is 0. The van der Waals surface area contributed by atoms with Gasteiger partial charge in [0, 0.05) is 0 Å². The quantitative estimate of drug-likeness (QED) is 0.390. The predicted molar refractivity (Wildman–Crippen MR) is 129 cm³/mol. The average molecular weight is 438 g/mol. The maximum absolute atomic E-state index is 10.1. The van der Waals surface area contributed by atoms with Crippen molar-refractivity contribution >= 4 is 0 Å². The zero-order valence-electron chi connectivity index (χ0n) is 21.7. The maximum atomic E-state index is 10.1. The number of rotatable bonds is 0. The summed E-state index contributed by atoms with van der Waals surface area (Å²) in [5.41, 5.74) is 2.28. The van der Waals surface area contributed by atoms with Crippen LogP contribution in [0.5, 0.6) is 0 Å². The molecule has 1 saturated heterocycles. The van der Waals surface area contributed by atoms with E-state index in [1.165, 1.54) is 64.2 Å². The monoisotopic (exact) mass is 437 g/mol. The Labute approximate surface area is 197 Å². The molecule has 5 aliphatic carbocycles. The molecule has 5 saturated carbocycles. The summed E-state index contributed by atoms with van der Waals surface area (Å²) in [5.74, 6) is 3.85. The van der Waals surface area contributed by atoms with Gasteiger partial charge in [0.25, 0.3) is 0 Å². The predicted octanol–water partition coefficient (Wildman–Crippen LogP) is 7.63. The molecule has 0 aromatic heterocycles. The van der Waals surface area contributed by atoms with E-state index in [9.17, 15) is 5.26 Å². The SMILES string of the molecule is CC1C(C#N)C2CC3(CCC4(C)C(CCC5C6(C)CCCC(C)(C)C6CCC54C)C13)CO2. The Morgan fingerprint density at radius 1 is 0.844 bits per heavy atom. The summed E-state index contributed by atoms with van der Waals surface area (Å²) in [5, 5.41) is 10.1. The van der Waals surface area contributed by atoms with Crippen molar-refractivity contribution in [1.29, 1.82) is 5.26 Å². The van der Waals surface area contributed by atoms with E-state index in [2.05, 4.69) is 47.6 Å². The lowest BCUT2D eigenvalue weighted by atomic mass is 9.31. The Morgan fingerprint density at radius 3 is 2.38 bits per heavy atom. The number of ether oxygens (including phenoxy) is 1. The summed E-state index contributed by atoms with van der Waals surface area (Å²) < 4.78 is 6.34. The fourth-order valence-electron chi connectivity index (χ4n) is 12.3. The Balaban J connectivity index is 1.40. The number of hydrogen-bond acceptors (Lipinski definition) is 2. The molecule has 178 valence electrons.